The number of sulfone groups is 1. The van der Waals surface area contributed by atoms with Crippen molar-refractivity contribution in [2.24, 2.45) is 23.7 Å². The van der Waals surface area contributed by atoms with Crippen molar-refractivity contribution < 1.29 is 27.5 Å². The summed E-state index contributed by atoms with van der Waals surface area (Å²) in [7, 11) is -0.688. The molecule has 0 aromatic rings. The summed E-state index contributed by atoms with van der Waals surface area (Å²) in [5.74, 6) is -3.06. The third kappa shape index (κ3) is 1.82. The van der Waals surface area contributed by atoms with Gasteiger partial charge in [-0.05, 0) is 11.8 Å². The summed E-state index contributed by atoms with van der Waals surface area (Å²) in [4.78, 5) is 23.1. The van der Waals surface area contributed by atoms with Crippen molar-refractivity contribution in [3.05, 3.63) is 0 Å². The second-order valence-corrected chi connectivity index (χ2v) is 6.66. The fourth-order valence-electron chi connectivity index (χ4n) is 2.94. The van der Waals surface area contributed by atoms with Gasteiger partial charge in [0.1, 0.15) is 0 Å². The smallest absolute Gasteiger partial charge is 0.309 e. The number of carbonyl (C=O) groups is 2. The van der Waals surface area contributed by atoms with E-state index < -0.39 is 33.6 Å². The van der Waals surface area contributed by atoms with Gasteiger partial charge in [-0.2, -0.15) is 0 Å². The third-order valence-corrected chi connectivity index (χ3v) is 5.48. The zero-order valence-electron chi connectivity index (χ0n) is 9.58. The number of ether oxygens (including phenoxy) is 2. The molecular weight excluding hydrogens is 248 g/mol. The van der Waals surface area contributed by atoms with Crippen LogP contribution in [0.3, 0.4) is 0 Å². The third-order valence-electron chi connectivity index (χ3n) is 3.70. The molecule has 1 heterocycles. The van der Waals surface area contributed by atoms with Gasteiger partial charge in [-0.15, -0.1) is 0 Å². The van der Waals surface area contributed by atoms with Crippen LogP contribution in [0.1, 0.15) is 0 Å². The molecule has 0 aromatic heterocycles. The zero-order chi connectivity index (χ0) is 12.8. The molecule has 7 heteroatoms. The number of fused-ring (bicyclic) bond motifs is 1. The number of rotatable bonds is 2. The number of hydrogen-bond acceptors (Lipinski definition) is 6. The van der Waals surface area contributed by atoms with Gasteiger partial charge < -0.3 is 9.47 Å². The van der Waals surface area contributed by atoms with Crippen molar-refractivity contribution in [1.29, 1.82) is 0 Å². The molecule has 0 N–H and O–H groups in total. The second kappa shape index (κ2) is 3.97. The first-order valence-corrected chi connectivity index (χ1v) is 7.09. The van der Waals surface area contributed by atoms with Crippen LogP contribution in [0.4, 0.5) is 0 Å². The summed E-state index contributed by atoms with van der Waals surface area (Å²) < 4.78 is 32.2. The average Bonchev–Trinajstić information content (AvgIpc) is 2.53. The molecule has 0 aromatic carbocycles. The van der Waals surface area contributed by atoms with Crippen LogP contribution in [0.25, 0.3) is 0 Å². The SMILES string of the molecule is COC(=O)[C@@H]1[C@@H]2CS(=O)(=O)C[C@@H]2[C@@H]1C(=O)OC. The van der Waals surface area contributed by atoms with E-state index in [1.807, 2.05) is 0 Å². The average molecular weight is 262 g/mol. The summed E-state index contributed by atoms with van der Waals surface area (Å²) in [6, 6.07) is 0. The van der Waals surface area contributed by atoms with Gasteiger partial charge in [-0.1, -0.05) is 0 Å². The van der Waals surface area contributed by atoms with Gasteiger partial charge in [0.2, 0.25) is 0 Å². The molecular formula is C10H14O6S. The van der Waals surface area contributed by atoms with Gasteiger partial charge in [0, 0.05) is 0 Å². The Morgan fingerprint density at radius 3 is 1.59 bits per heavy atom. The van der Waals surface area contributed by atoms with Crippen LogP contribution in [0.2, 0.25) is 0 Å². The van der Waals surface area contributed by atoms with Gasteiger partial charge in [0.05, 0.1) is 37.6 Å². The maximum Gasteiger partial charge on any atom is 0.309 e. The van der Waals surface area contributed by atoms with Gasteiger partial charge in [0.15, 0.2) is 9.84 Å². The van der Waals surface area contributed by atoms with Crippen LogP contribution in [0.15, 0.2) is 0 Å². The van der Waals surface area contributed by atoms with Crippen molar-refractivity contribution in [3.63, 3.8) is 0 Å². The lowest BCUT2D eigenvalue weighted by Crippen LogP contribution is -2.54. The molecule has 4 atom stereocenters. The molecule has 1 saturated heterocycles. The predicted molar refractivity (Wildman–Crippen MR) is 56.6 cm³/mol. The quantitative estimate of drug-likeness (QED) is 0.608. The van der Waals surface area contributed by atoms with Crippen LogP contribution < -0.4 is 0 Å². The second-order valence-electron chi connectivity index (χ2n) is 4.50. The lowest BCUT2D eigenvalue weighted by molar-refractivity contribution is -0.174. The van der Waals surface area contributed by atoms with Crippen molar-refractivity contribution in [2.45, 2.75) is 0 Å². The normalized spacial score (nSPS) is 37.8. The number of hydrogen-bond donors (Lipinski definition) is 0. The van der Waals surface area contributed by atoms with Crippen LogP contribution in [-0.4, -0.2) is 46.1 Å². The van der Waals surface area contributed by atoms with E-state index in [9.17, 15) is 18.0 Å². The molecule has 2 fully saturated rings. The summed E-state index contributed by atoms with van der Waals surface area (Å²) >= 11 is 0. The van der Waals surface area contributed by atoms with Crippen molar-refractivity contribution in [3.8, 4) is 0 Å². The van der Waals surface area contributed by atoms with Gasteiger partial charge >= 0.3 is 11.9 Å². The fraction of sp³-hybridized carbons (Fsp3) is 0.800. The molecule has 6 nitrogen and oxygen atoms in total. The highest BCUT2D eigenvalue weighted by molar-refractivity contribution is 7.91. The minimum absolute atomic E-state index is 0.0368. The lowest BCUT2D eigenvalue weighted by Gasteiger charge is -2.43. The monoisotopic (exact) mass is 262 g/mol. The molecule has 0 unspecified atom stereocenters. The van der Waals surface area contributed by atoms with Gasteiger partial charge in [-0.25, -0.2) is 8.42 Å². The molecule has 0 radical (unpaired) electrons. The Hall–Kier alpha value is -1.11. The van der Waals surface area contributed by atoms with Gasteiger partial charge in [0.25, 0.3) is 0 Å². The molecule has 17 heavy (non-hydrogen) atoms. The highest BCUT2D eigenvalue weighted by atomic mass is 32.2. The maximum absolute atomic E-state index is 11.6. The first-order chi connectivity index (χ1) is 7.91. The van der Waals surface area contributed by atoms with Crippen LogP contribution in [0, 0.1) is 23.7 Å². The Morgan fingerprint density at radius 1 is 0.941 bits per heavy atom. The Balaban J connectivity index is 2.26. The molecule has 0 amide bonds. The first kappa shape index (κ1) is 12.3. The Morgan fingerprint density at radius 2 is 1.29 bits per heavy atom. The molecule has 1 aliphatic carbocycles. The Labute approximate surface area is 99.2 Å². The Bertz CT molecular complexity index is 417. The van der Waals surface area contributed by atoms with E-state index in [0.717, 1.165) is 0 Å². The topological polar surface area (TPSA) is 86.7 Å². The van der Waals surface area contributed by atoms with Crippen LogP contribution >= 0.6 is 0 Å². The summed E-state index contributed by atoms with van der Waals surface area (Å²) in [6.07, 6.45) is 0. The zero-order valence-corrected chi connectivity index (χ0v) is 10.4. The fourth-order valence-corrected chi connectivity index (χ4v) is 5.16. The summed E-state index contributed by atoms with van der Waals surface area (Å²) in [5, 5.41) is 0. The molecule has 0 bridgehead atoms. The minimum Gasteiger partial charge on any atom is -0.469 e. The van der Waals surface area contributed by atoms with Crippen molar-refractivity contribution >= 4 is 21.8 Å². The van der Waals surface area contributed by atoms with Crippen LogP contribution in [-0.2, 0) is 28.9 Å². The van der Waals surface area contributed by atoms with E-state index in [-0.39, 0.29) is 23.3 Å². The number of esters is 2. The number of carbonyl (C=O) groups excluding carboxylic acids is 2. The van der Waals surface area contributed by atoms with E-state index in [0.29, 0.717) is 0 Å². The largest absolute Gasteiger partial charge is 0.469 e. The highest BCUT2D eigenvalue weighted by Gasteiger charge is 2.63. The van der Waals surface area contributed by atoms with E-state index in [2.05, 4.69) is 9.47 Å². The van der Waals surface area contributed by atoms with Crippen LogP contribution in [0.5, 0.6) is 0 Å². The van der Waals surface area contributed by atoms with E-state index in [4.69, 9.17) is 0 Å². The predicted octanol–water partition coefficient (Wildman–Crippen LogP) is -0.761. The maximum atomic E-state index is 11.6. The van der Waals surface area contributed by atoms with Gasteiger partial charge in [-0.3, -0.25) is 9.59 Å². The molecule has 96 valence electrons. The summed E-state index contributed by atoms with van der Waals surface area (Å²) in [6.45, 7) is 0. The van der Waals surface area contributed by atoms with E-state index in [1.165, 1.54) is 14.2 Å². The van der Waals surface area contributed by atoms with Crippen molar-refractivity contribution in [1.82, 2.24) is 0 Å². The Kier molecular flexibility index (Phi) is 2.89. The first-order valence-electron chi connectivity index (χ1n) is 5.27. The van der Waals surface area contributed by atoms with E-state index in [1.54, 1.807) is 0 Å². The summed E-state index contributed by atoms with van der Waals surface area (Å²) in [5.41, 5.74) is 0. The molecule has 0 spiro atoms. The molecule has 2 rings (SSSR count). The van der Waals surface area contributed by atoms with E-state index >= 15 is 0 Å². The minimum atomic E-state index is -3.15. The molecule has 1 aliphatic heterocycles. The standard InChI is InChI=1S/C10H14O6S/c1-15-9(11)7-5-3-17(13,14)4-6(5)8(7)10(12)16-2/h5-8H,3-4H2,1-2H3/t5-,6+,7-,8+. The van der Waals surface area contributed by atoms with Crippen molar-refractivity contribution in [2.75, 3.05) is 25.7 Å². The number of methoxy groups -OCH3 is 2. The highest BCUT2D eigenvalue weighted by Crippen LogP contribution is 2.52. The molecule has 1 saturated carbocycles. The molecule has 2 aliphatic rings. The lowest BCUT2D eigenvalue weighted by atomic mass is 9.58.